The van der Waals surface area contributed by atoms with Gasteiger partial charge in [0, 0.05) is 37.8 Å². The van der Waals surface area contributed by atoms with Gasteiger partial charge in [-0.3, -0.25) is 14.3 Å². The summed E-state index contributed by atoms with van der Waals surface area (Å²) in [5.74, 6) is 0.861. The third kappa shape index (κ3) is 5.00. The van der Waals surface area contributed by atoms with Crippen molar-refractivity contribution in [3.63, 3.8) is 0 Å². The van der Waals surface area contributed by atoms with Crippen LogP contribution >= 0.6 is 0 Å². The Morgan fingerprint density at radius 1 is 1.09 bits per heavy atom. The molecule has 1 N–H and O–H groups in total. The van der Waals surface area contributed by atoms with E-state index in [0.29, 0.717) is 36.8 Å². The standard InChI is InChI=1S/C25H28N4O4/c1-17-6-4-7-18(12-17)16-28-10-5-11-29-22(25(28)31)14-21(27-29)24(30)26-15-19-13-20(32-2)8-9-23(19)33-3/h4,6-9,12-14H,5,10-11,15-16H2,1-3H3,(H,26,30). The highest BCUT2D eigenvalue weighted by Crippen LogP contribution is 2.24. The topological polar surface area (TPSA) is 85.7 Å². The van der Waals surface area contributed by atoms with Crippen LogP contribution in [0.5, 0.6) is 11.5 Å². The predicted octanol–water partition coefficient (Wildman–Crippen LogP) is 3.18. The minimum Gasteiger partial charge on any atom is -0.497 e. The third-order valence-electron chi connectivity index (χ3n) is 5.70. The second-order valence-corrected chi connectivity index (χ2v) is 8.07. The molecular weight excluding hydrogens is 420 g/mol. The van der Waals surface area contributed by atoms with Gasteiger partial charge in [-0.05, 0) is 37.1 Å². The number of carbonyl (C=O) groups is 2. The number of hydrogen-bond acceptors (Lipinski definition) is 5. The Hall–Kier alpha value is -3.81. The molecule has 0 radical (unpaired) electrons. The number of benzene rings is 2. The highest BCUT2D eigenvalue weighted by molar-refractivity contribution is 5.98. The van der Waals surface area contributed by atoms with Gasteiger partial charge in [0.15, 0.2) is 5.69 Å². The Labute approximate surface area is 193 Å². The average molecular weight is 449 g/mol. The van der Waals surface area contributed by atoms with Crippen molar-refractivity contribution in [1.82, 2.24) is 20.0 Å². The fourth-order valence-electron chi connectivity index (χ4n) is 4.01. The van der Waals surface area contributed by atoms with Gasteiger partial charge in [0.2, 0.25) is 0 Å². The highest BCUT2D eigenvalue weighted by Gasteiger charge is 2.26. The SMILES string of the molecule is COc1ccc(OC)c(CNC(=O)c2cc3n(n2)CCCN(Cc2cccc(C)c2)C3=O)c1. The number of fused-ring (bicyclic) bond motifs is 1. The number of rotatable bonds is 7. The van der Waals surface area contributed by atoms with Gasteiger partial charge in [-0.2, -0.15) is 5.10 Å². The fourth-order valence-corrected chi connectivity index (χ4v) is 4.01. The fraction of sp³-hybridized carbons (Fsp3) is 0.320. The monoisotopic (exact) mass is 448 g/mol. The van der Waals surface area contributed by atoms with Crippen LogP contribution in [0.25, 0.3) is 0 Å². The zero-order chi connectivity index (χ0) is 23.4. The summed E-state index contributed by atoms with van der Waals surface area (Å²) < 4.78 is 12.3. The summed E-state index contributed by atoms with van der Waals surface area (Å²) in [6.07, 6.45) is 0.772. The summed E-state index contributed by atoms with van der Waals surface area (Å²) >= 11 is 0. The number of aryl methyl sites for hydroxylation is 2. The van der Waals surface area contributed by atoms with Crippen LogP contribution in [0.2, 0.25) is 0 Å². The second-order valence-electron chi connectivity index (χ2n) is 8.07. The van der Waals surface area contributed by atoms with Crippen LogP contribution in [0.3, 0.4) is 0 Å². The smallest absolute Gasteiger partial charge is 0.272 e. The quantitative estimate of drug-likeness (QED) is 0.600. The van der Waals surface area contributed by atoms with Crippen LogP contribution in [0.15, 0.2) is 48.5 Å². The first kappa shape index (κ1) is 22.4. The van der Waals surface area contributed by atoms with Crippen molar-refractivity contribution in [1.29, 1.82) is 0 Å². The summed E-state index contributed by atoms with van der Waals surface area (Å²) in [7, 11) is 3.16. The molecule has 8 nitrogen and oxygen atoms in total. The van der Waals surface area contributed by atoms with Gasteiger partial charge in [-0.15, -0.1) is 0 Å². The van der Waals surface area contributed by atoms with E-state index in [1.165, 1.54) is 0 Å². The molecule has 172 valence electrons. The van der Waals surface area contributed by atoms with E-state index < -0.39 is 0 Å². The van der Waals surface area contributed by atoms with Gasteiger partial charge in [-0.1, -0.05) is 29.8 Å². The molecule has 2 amide bonds. The first-order chi connectivity index (χ1) is 16.0. The van der Waals surface area contributed by atoms with Crippen LogP contribution in [-0.4, -0.2) is 47.3 Å². The Kier molecular flexibility index (Phi) is 6.63. The van der Waals surface area contributed by atoms with Gasteiger partial charge in [0.1, 0.15) is 17.2 Å². The molecule has 2 aromatic carbocycles. The Bertz CT molecular complexity index is 1170. The van der Waals surface area contributed by atoms with Crippen molar-refractivity contribution in [3.8, 4) is 11.5 Å². The van der Waals surface area contributed by atoms with Gasteiger partial charge < -0.3 is 19.7 Å². The molecule has 3 aromatic rings. The van der Waals surface area contributed by atoms with E-state index in [-0.39, 0.29) is 24.1 Å². The number of hydrogen-bond donors (Lipinski definition) is 1. The molecule has 0 saturated carbocycles. The van der Waals surface area contributed by atoms with Crippen molar-refractivity contribution in [3.05, 3.63) is 76.6 Å². The summed E-state index contributed by atoms with van der Waals surface area (Å²) in [5.41, 5.74) is 3.68. The molecule has 0 bridgehead atoms. The van der Waals surface area contributed by atoms with E-state index in [1.54, 1.807) is 37.1 Å². The lowest BCUT2D eigenvalue weighted by molar-refractivity contribution is 0.0745. The van der Waals surface area contributed by atoms with E-state index in [0.717, 1.165) is 23.1 Å². The maximum absolute atomic E-state index is 13.2. The molecule has 0 unspecified atom stereocenters. The van der Waals surface area contributed by atoms with Crippen molar-refractivity contribution < 1.29 is 19.1 Å². The van der Waals surface area contributed by atoms with Crippen LogP contribution in [0, 0.1) is 6.92 Å². The molecule has 0 aliphatic carbocycles. The van der Waals surface area contributed by atoms with E-state index in [2.05, 4.69) is 16.5 Å². The highest BCUT2D eigenvalue weighted by atomic mass is 16.5. The van der Waals surface area contributed by atoms with Crippen molar-refractivity contribution >= 4 is 11.8 Å². The van der Waals surface area contributed by atoms with Crippen molar-refractivity contribution in [2.24, 2.45) is 0 Å². The zero-order valence-corrected chi connectivity index (χ0v) is 19.1. The molecule has 2 heterocycles. The number of nitrogens with zero attached hydrogens (tertiary/aromatic N) is 3. The number of methoxy groups -OCH3 is 2. The van der Waals surface area contributed by atoms with Crippen LogP contribution in [0.4, 0.5) is 0 Å². The van der Waals surface area contributed by atoms with E-state index in [4.69, 9.17) is 9.47 Å². The molecule has 1 aliphatic heterocycles. The Balaban J connectivity index is 1.48. The van der Waals surface area contributed by atoms with Crippen LogP contribution in [-0.2, 0) is 19.6 Å². The largest absolute Gasteiger partial charge is 0.497 e. The minimum absolute atomic E-state index is 0.116. The summed E-state index contributed by atoms with van der Waals surface area (Å²) in [6.45, 7) is 4.04. The summed E-state index contributed by atoms with van der Waals surface area (Å²) in [6, 6.07) is 15.1. The van der Waals surface area contributed by atoms with E-state index in [9.17, 15) is 9.59 Å². The Morgan fingerprint density at radius 2 is 1.94 bits per heavy atom. The number of nitrogens with one attached hydrogen (secondary N) is 1. The number of amides is 2. The second kappa shape index (κ2) is 9.77. The molecule has 4 rings (SSSR count). The minimum atomic E-state index is -0.349. The predicted molar refractivity (Wildman–Crippen MR) is 123 cm³/mol. The molecule has 0 spiro atoms. The van der Waals surface area contributed by atoms with Crippen molar-refractivity contribution in [2.75, 3.05) is 20.8 Å². The first-order valence-electron chi connectivity index (χ1n) is 10.9. The summed E-state index contributed by atoms with van der Waals surface area (Å²) in [5, 5.41) is 7.27. The molecule has 0 fully saturated rings. The maximum atomic E-state index is 13.2. The first-order valence-corrected chi connectivity index (χ1v) is 10.9. The lowest BCUT2D eigenvalue weighted by Crippen LogP contribution is -2.30. The Morgan fingerprint density at radius 3 is 2.70 bits per heavy atom. The van der Waals surface area contributed by atoms with E-state index >= 15 is 0 Å². The van der Waals surface area contributed by atoms with Gasteiger partial charge in [-0.25, -0.2) is 0 Å². The summed E-state index contributed by atoms with van der Waals surface area (Å²) in [4.78, 5) is 27.8. The molecular formula is C25H28N4O4. The zero-order valence-electron chi connectivity index (χ0n) is 19.1. The maximum Gasteiger partial charge on any atom is 0.272 e. The lowest BCUT2D eigenvalue weighted by atomic mass is 10.1. The molecule has 0 saturated heterocycles. The number of ether oxygens (including phenoxy) is 2. The van der Waals surface area contributed by atoms with E-state index in [1.807, 2.05) is 36.1 Å². The number of aromatic nitrogens is 2. The normalized spacial score (nSPS) is 13.3. The molecule has 0 atom stereocenters. The number of carbonyl (C=O) groups excluding carboxylic acids is 2. The van der Waals surface area contributed by atoms with Gasteiger partial charge in [0.05, 0.1) is 14.2 Å². The molecule has 33 heavy (non-hydrogen) atoms. The molecule has 1 aliphatic rings. The molecule has 1 aromatic heterocycles. The molecule has 8 heteroatoms. The van der Waals surface area contributed by atoms with Crippen molar-refractivity contribution in [2.45, 2.75) is 33.0 Å². The van der Waals surface area contributed by atoms with Crippen LogP contribution in [0.1, 0.15) is 44.1 Å². The lowest BCUT2D eigenvalue weighted by Gasteiger charge is -2.20. The van der Waals surface area contributed by atoms with Crippen LogP contribution < -0.4 is 14.8 Å². The third-order valence-corrected chi connectivity index (χ3v) is 5.70. The van der Waals surface area contributed by atoms with Gasteiger partial charge >= 0.3 is 0 Å². The average Bonchev–Trinajstić information content (AvgIpc) is 3.19. The van der Waals surface area contributed by atoms with Gasteiger partial charge in [0.25, 0.3) is 11.8 Å².